The molecule has 19 heavy (non-hydrogen) atoms. The zero-order valence-electron chi connectivity index (χ0n) is 10.00. The average Bonchev–Trinajstić information content (AvgIpc) is 2.41. The van der Waals surface area contributed by atoms with Crippen molar-refractivity contribution in [1.29, 1.82) is 0 Å². The molecule has 0 heterocycles. The predicted octanol–water partition coefficient (Wildman–Crippen LogP) is 1.97. The van der Waals surface area contributed by atoms with Gasteiger partial charge in [-0.1, -0.05) is 0 Å². The highest BCUT2D eigenvalue weighted by atomic mass is 16.5. The van der Waals surface area contributed by atoms with Gasteiger partial charge in [-0.05, 0) is 42.5 Å². The molecule has 96 valence electrons. The topological polar surface area (TPSA) is 95.4 Å². The first-order valence-corrected chi connectivity index (χ1v) is 5.52. The number of benzene rings is 2. The Morgan fingerprint density at radius 1 is 1.05 bits per heavy atom. The molecule has 0 saturated carbocycles. The maximum Gasteiger partial charge on any atom is 0.249 e. The van der Waals surface area contributed by atoms with Gasteiger partial charge in [-0.3, -0.25) is 9.59 Å². The zero-order valence-corrected chi connectivity index (χ0v) is 10.00. The summed E-state index contributed by atoms with van der Waals surface area (Å²) in [5.41, 5.74) is 11.8. The maximum absolute atomic E-state index is 11.2. The van der Waals surface area contributed by atoms with E-state index in [2.05, 4.69) is 0 Å². The van der Waals surface area contributed by atoms with Crippen LogP contribution >= 0.6 is 0 Å². The van der Waals surface area contributed by atoms with Crippen molar-refractivity contribution in [2.75, 3.05) is 5.73 Å². The van der Waals surface area contributed by atoms with Gasteiger partial charge in [-0.25, -0.2) is 0 Å². The Morgan fingerprint density at radius 2 is 1.68 bits per heavy atom. The second-order valence-electron chi connectivity index (χ2n) is 3.90. The number of nitrogens with two attached hydrogens (primary N) is 2. The third kappa shape index (κ3) is 2.90. The molecule has 2 aromatic carbocycles. The fourth-order valence-electron chi connectivity index (χ4n) is 1.59. The Kier molecular flexibility index (Phi) is 3.47. The lowest BCUT2D eigenvalue weighted by Gasteiger charge is -2.08. The first kappa shape index (κ1) is 12.6. The molecular formula is C14H12N2O3. The lowest BCUT2D eigenvalue weighted by Crippen LogP contribution is -2.13. The molecule has 0 aliphatic heterocycles. The van der Waals surface area contributed by atoms with Crippen molar-refractivity contribution in [2.24, 2.45) is 5.73 Å². The van der Waals surface area contributed by atoms with Crippen molar-refractivity contribution >= 4 is 17.9 Å². The fourth-order valence-corrected chi connectivity index (χ4v) is 1.59. The zero-order chi connectivity index (χ0) is 13.8. The number of ether oxygens (including phenoxy) is 1. The monoisotopic (exact) mass is 256 g/mol. The third-order valence-electron chi connectivity index (χ3n) is 2.53. The minimum Gasteiger partial charge on any atom is -0.457 e. The van der Waals surface area contributed by atoms with E-state index in [0.717, 1.165) is 0 Å². The van der Waals surface area contributed by atoms with E-state index in [-0.39, 0.29) is 11.1 Å². The van der Waals surface area contributed by atoms with Gasteiger partial charge in [0.05, 0.1) is 5.56 Å². The van der Waals surface area contributed by atoms with Gasteiger partial charge in [0.1, 0.15) is 11.5 Å². The molecule has 0 aliphatic rings. The van der Waals surface area contributed by atoms with E-state index < -0.39 is 5.91 Å². The van der Waals surface area contributed by atoms with Crippen LogP contribution in [0.3, 0.4) is 0 Å². The van der Waals surface area contributed by atoms with Crippen LogP contribution in [0.1, 0.15) is 20.7 Å². The first-order chi connectivity index (χ1) is 9.10. The molecule has 5 nitrogen and oxygen atoms in total. The molecule has 2 aromatic rings. The summed E-state index contributed by atoms with van der Waals surface area (Å²) in [6.07, 6.45) is 0.576. The number of amides is 1. The number of rotatable bonds is 4. The number of carbonyl (C=O) groups is 2. The SMILES string of the molecule is NC(=O)c1cc(Oc2ccc(N)cc2)ccc1C=O. The summed E-state index contributed by atoms with van der Waals surface area (Å²) in [6, 6.07) is 11.3. The van der Waals surface area contributed by atoms with E-state index in [1.807, 2.05) is 0 Å². The van der Waals surface area contributed by atoms with Crippen LogP contribution in [-0.2, 0) is 0 Å². The van der Waals surface area contributed by atoms with Crippen molar-refractivity contribution in [1.82, 2.24) is 0 Å². The van der Waals surface area contributed by atoms with E-state index >= 15 is 0 Å². The molecule has 0 fully saturated rings. The average molecular weight is 256 g/mol. The van der Waals surface area contributed by atoms with Gasteiger partial charge in [-0.2, -0.15) is 0 Å². The maximum atomic E-state index is 11.2. The fraction of sp³-hybridized carbons (Fsp3) is 0. The molecule has 0 aliphatic carbocycles. The van der Waals surface area contributed by atoms with Gasteiger partial charge in [-0.15, -0.1) is 0 Å². The highest BCUT2D eigenvalue weighted by Gasteiger charge is 2.09. The Balaban J connectivity index is 2.31. The third-order valence-corrected chi connectivity index (χ3v) is 2.53. The van der Waals surface area contributed by atoms with E-state index in [0.29, 0.717) is 23.5 Å². The molecule has 4 N–H and O–H groups in total. The second-order valence-corrected chi connectivity index (χ2v) is 3.90. The molecule has 5 heteroatoms. The molecule has 0 spiro atoms. The lowest BCUT2D eigenvalue weighted by molar-refractivity contribution is 0.0992. The highest BCUT2D eigenvalue weighted by Crippen LogP contribution is 2.24. The van der Waals surface area contributed by atoms with E-state index in [1.54, 1.807) is 30.3 Å². The molecule has 0 atom stereocenters. The highest BCUT2D eigenvalue weighted by molar-refractivity contribution is 6.00. The molecular weight excluding hydrogens is 244 g/mol. The summed E-state index contributed by atoms with van der Waals surface area (Å²) in [6.45, 7) is 0. The minimum absolute atomic E-state index is 0.128. The molecule has 2 rings (SSSR count). The van der Waals surface area contributed by atoms with Crippen LogP contribution in [0.5, 0.6) is 11.5 Å². The Hall–Kier alpha value is -2.82. The molecule has 0 bridgehead atoms. The summed E-state index contributed by atoms with van der Waals surface area (Å²) in [4.78, 5) is 22.0. The molecule has 0 aromatic heterocycles. The van der Waals surface area contributed by atoms with Crippen LogP contribution in [0.2, 0.25) is 0 Å². The Morgan fingerprint density at radius 3 is 2.26 bits per heavy atom. The normalized spacial score (nSPS) is 9.89. The van der Waals surface area contributed by atoms with E-state index in [9.17, 15) is 9.59 Å². The van der Waals surface area contributed by atoms with Gasteiger partial charge in [0.2, 0.25) is 5.91 Å². The summed E-state index contributed by atoms with van der Waals surface area (Å²) in [7, 11) is 0. The van der Waals surface area contributed by atoms with Crippen molar-refractivity contribution in [2.45, 2.75) is 0 Å². The number of hydrogen-bond donors (Lipinski definition) is 2. The van der Waals surface area contributed by atoms with Crippen LogP contribution in [-0.4, -0.2) is 12.2 Å². The largest absolute Gasteiger partial charge is 0.457 e. The van der Waals surface area contributed by atoms with Crippen molar-refractivity contribution in [3.63, 3.8) is 0 Å². The molecule has 0 unspecified atom stereocenters. The number of hydrogen-bond acceptors (Lipinski definition) is 4. The summed E-state index contributed by atoms with van der Waals surface area (Å²) >= 11 is 0. The van der Waals surface area contributed by atoms with Crippen LogP contribution in [0.15, 0.2) is 42.5 Å². The van der Waals surface area contributed by atoms with Crippen molar-refractivity contribution < 1.29 is 14.3 Å². The molecule has 0 saturated heterocycles. The number of primary amides is 1. The van der Waals surface area contributed by atoms with Gasteiger partial charge < -0.3 is 16.2 Å². The molecule has 0 radical (unpaired) electrons. The quantitative estimate of drug-likeness (QED) is 0.645. The van der Waals surface area contributed by atoms with Gasteiger partial charge in [0.25, 0.3) is 0 Å². The first-order valence-electron chi connectivity index (χ1n) is 5.52. The van der Waals surface area contributed by atoms with E-state index in [1.165, 1.54) is 12.1 Å². The van der Waals surface area contributed by atoms with Crippen LogP contribution in [0.4, 0.5) is 5.69 Å². The summed E-state index contributed by atoms with van der Waals surface area (Å²) < 4.78 is 5.54. The number of aldehydes is 1. The van der Waals surface area contributed by atoms with Crippen molar-refractivity contribution in [3.05, 3.63) is 53.6 Å². The van der Waals surface area contributed by atoms with Crippen molar-refractivity contribution in [3.8, 4) is 11.5 Å². The van der Waals surface area contributed by atoms with Gasteiger partial charge >= 0.3 is 0 Å². The Bertz CT molecular complexity index is 621. The van der Waals surface area contributed by atoms with Gasteiger partial charge in [0, 0.05) is 11.3 Å². The van der Waals surface area contributed by atoms with Crippen LogP contribution < -0.4 is 16.2 Å². The smallest absolute Gasteiger partial charge is 0.249 e. The summed E-state index contributed by atoms with van der Waals surface area (Å²) in [5.74, 6) is 0.317. The minimum atomic E-state index is -0.676. The van der Waals surface area contributed by atoms with Gasteiger partial charge in [0.15, 0.2) is 6.29 Å². The number of anilines is 1. The Labute approximate surface area is 109 Å². The second kappa shape index (κ2) is 5.22. The van der Waals surface area contributed by atoms with E-state index in [4.69, 9.17) is 16.2 Å². The standard InChI is InChI=1S/C14H12N2O3/c15-10-2-5-11(6-3-10)19-12-4-1-9(8-17)13(7-12)14(16)18/h1-8H,15H2,(H2,16,18). The number of carbonyl (C=O) groups excluding carboxylic acids is 2. The number of nitrogen functional groups attached to an aromatic ring is 1. The van der Waals surface area contributed by atoms with Crippen LogP contribution in [0.25, 0.3) is 0 Å². The summed E-state index contributed by atoms with van der Waals surface area (Å²) in [5, 5.41) is 0. The van der Waals surface area contributed by atoms with Crippen LogP contribution in [0, 0.1) is 0 Å². The molecule has 1 amide bonds. The lowest BCUT2D eigenvalue weighted by atomic mass is 10.1. The predicted molar refractivity (Wildman–Crippen MR) is 71.3 cm³/mol.